The third-order valence-electron chi connectivity index (χ3n) is 3.94. The van der Waals surface area contributed by atoms with Crippen LogP contribution < -0.4 is 4.74 Å². The molecule has 1 heterocycles. The molecule has 0 aliphatic rings. The van der Waals surface area contributed by atoms with Crippen molar-refractivity contribution in [3.05, 3.63) is 41.7 Å². The molecule has 0 unspecified atom stereocenters. The number of hydrogen-bond donors (Lipinski definition) is 0. The van der Waals surface area contributed by atoms with Crippen molar-refractivity contribution in [2.45, 2.75) is 52.1 Å². The molecule has 6 heteroatoms. The fourth-order valence-corrected chi connectivity index (χ4v) is 2.47. The van der Waals surface area contributed by atoms with Crippen LogP contribution in [0.1, 0.15) is 51.0 Å². The molecule has 1 aromatic heterocycles. The Hall–Kier alpha value is -2.11. The molecule has 0 fully saturated rings. The monoisotopic (exact) mass is 352 g/mol. The molecule has 25 heavy (non-hydrogen) atoms. The van der Waals surface area contributed by atoms with Gasteiger partial charge in [0.05, 0.1) is 24.6 Å². The summed E-state index contributed by atoms with van der Waals surface area (Å²) in [6.07, 6.45) is 9.87. The molecule has 0 saturated heterocycles. The minimum Gasteiger partial charge on any atom is -0.490 e. The smallest absolute Gasteiger partial charge is 0.170 e. The van der Waals surface area contributed by atoms with Gasteiger partial charge in [-0.15, -0.1) is 0 Å². The molecule has 0 radical (unpaired) electrons. The van der Waals surface area contributed by atoms with E-state index in [9.17, 15) is 13.2 Å². The first-order valence-electron chi connectivity index (χ1n) is 8.65. The molecule has 0 aliphatic heterocycles. The predicted octanol–water partition coefficient (Wildman–Crippen LogP) is 5.63. The number of alkyl halides is 1. The summed E-state index contributed by atoms with van der Waals surface area (Å²) in [6, 6.07) is 2.47. The number of aromatic nitrogens is 2. The van der Waals surface area contributed by atoms with E-state index in [1.165, 1.54) is 50.2 Å². The Kier molecular flexibility index (Phi) is 7.70. The molecule has 2 aromatic rings. The Bertz CT molecular complexity index is 662. The van der Waals surface area contributed by atoms with Crippen LogP contribution in [0, 0.1) is 11.6 Å². The molecule has 1 aromatic carbocycles. The topological polar surface area (TPSA) is 35.0 Å². The Morgan fingerprint density at radius 1 is 0.920 bits per heavy atom. The van der Waals surface area contributed by atoms with E-state index in [-0.39, 0.29) is 17.0 Å². The molecule has 0 N–H and O–H groups in total. The average molecular weight is 352 g/mol. The summed E-state index contributed by atoms with van der Waals surface area (Å²) >= 11 is 0. The summed E-state index contributed by atoms with van der Waals surface area (Å²) in [5.41, 5.74) is -0.419. The third kappa shape index (κ3) is 5.44. The van der Waals surface area contributed by atoms with Crippen LogP contribution in [0.4, 0.5) is 13.2 Å². The van der Waals surface area contributed by atoms with E-state index in [2.05, 4.69) is 16.9 Å². The number of benzene rings is 1. The van der Waals surface area contributed by atoms with Gasteiger partial charge in [-0.05, 0) is 12.5 Å². The van der Waals surface area contributed by atoms with Gasteiger partial charge in [0, 0.05) is 5.56 Å². The van der Waals surface area contributed by atoms with E-state index >= 15 is 0 Å². The summed E-state index contributed by atoms with van der Waals surface area (Å²) in [7, 11) is 0. The van der Waals surface area contributed by atoms with Crippen LogP contribution >= 0.6 is 0 Å². The van der Waals surface area contributed by atoms with Gasteiger partial charge in [-0.3, -0.25) is 0 Å². The van der Waals surface area contributed by atoms with Crippen LogP contribution in [0.15, 0.2) is 24.5 Å². The van der Waals surface area contributed by atoms with Gasteiger partial charge in [0.15, 0.2) is 23.2 Å². The number of hydrogen-bond acceptors (Lipinski definition) is 3. The van der Waals surface area contributed by atoms with Crippen LogP contribution in [-0.2, 0) is 6.67 Å². The lowest BCUT2D eigenvalue weighted by molar-refractivity contribution is 0.302. The van der Waals surface area contributed by atoms with Gasteiger partial charge in [-0.2, -0.15) is 0 Å². The van der Waals surface area contributed by atoms with Gasteiger partial charge in [0.2, 0.25) is 0 Å². The second kappa shape index (κ2) is 10.0. The van der Waals surface area contributed by atoms with Gasteiger partial charge in [-0.1, -0.05) is 45.1 Å². The first-order valence-corrected chi connectivity index (χ1v) is 8.65. The van der Waals surface area contributed by atoms with Crippen molar-refractivity contribution in [3.8, 4) is 17.1 Å². The highest BCUT2D eigenvalue weighted by atomic mass is 19.2. The highest BCUT2D eigenvalue weighted by Gasteiger charge is 2.16. The number of rotatable bonds is 10. The summed E-state index contributed by atoms with van der Waals surface area (Å²) in [5, 5.41) is 0. The first kappa shape index (κ1) is 19.2. The van der Waals surface area contributed by atoms with Crippen molar-refractivity contribution in [1.29, 1.82) is 0 Å². The first-order chi connectivity index (χ1) is 12.2. The number of halogens is 3. The minimum absolute atomic E-state index is 0.0359. The van der Waals surface area contributed by atoms with E-state index in [1.54, 1.807) is 0 Å². The summed E-state index contributed by atoms with van der Waals surface area (Å²) in [5.74, 6) is -1.82. The molecule has 136 valence electrons. The van der Waals surface area contributed by atoms with Crippen molar-refractivity contribution in [1.82, 2.24) is 9.97 Å². The largest absolute Gasteiger partial charge is 0.490 e. The van der Waals surface area contributed by atoms with E-state index in [0.29, 0.717) is 12.4 Å². The van der Waals surface area contributed by atoms with Crippen molar-refractivity contribution >= 4 is 0 Å². The zero-order chi connectivity index (χ0) is 18.1. The zero-order valence-electron chi connectivity index (χ0n) is 14.4. The van der Waals surface area contributed by atoms with Gasteiger partial charge in [0.1, 0.15) is 6.67 Å². The van der Waals surface area contributed by atoms with Crippen LogP contribution in [0.3, 0.4) is 0 Å². The molecule has 0 spiro atoms. The van der Waals surface area contributed by atoms with E-state index in [0.717, 1.165) is 12.8 Å². The molecule has 0 atom stereocenters. The zero-order valence-corrected chi connectivity index (χ0v) is 14.4. The fraction of sp³-hybridized carbons (Fsp3) is 0.474. The second-order valence-electron chi connectivity index (χ2n) is 5.89. The van der Waals surface area contributed by atoms with Gasteiger partial charge in [0.25, 0.3) is 0 Å². The molecule has 0 bridgehead atoms. The lowest BCUT2D eigenvalue weighted by Gasteiger charge is -2.08. The summed E-state index contributed by atoms with van der Waals surface area (Å²) in [6.45, 7) is 1.70. The molecule has 0 amide bonds. The quantitative estimate of drug-likeness (QED) is 0.520. The van der Waals surface area contributed by atoms with E-state index < -0.39 is 18.3 Å². The molecular formula is C19H23F3N2O. The van der Waals surface area contributed by atoms with Crippen molar-refractivity contribution < 1.29 is 17.9 Å². The molecule has 0 aliphatic carbocycles. The lowest BCUT2D eigenvalue weighted by atomic mass is 10.1. The Morgan fingerprint density at radius 2 is 1.60 bits per heavy atom. The fourth-order valence-electron chi connectivity index (χ4n) is 2.47. The van der Waals surface area contributed by atoms with Crippen LogP contribution in [0.5, 0.6) is 5.75 Å². The summed E-state index contributed by atoms with van der Waals surface area (Å²) in [4.78, 5) is 8.02. The highest BCUT2D eigenvalue weighted by Crippen LogP contribution is 2.25. The number of ether oxygens (including phenoxy) is 1. The predicted molar refractivity (Wildman–Crippen MR) is 91.1 cm³/mol. The van der Waals surface area contributed by atoms with Gasteiger partial charge < -0.3 is 4.74 Å². The standard InChI is InChI=1S/C19H23F3N2O/c1-2-3-4-5-6-7-10-25-15-12-23-19(24-13-15)16-9-8-14(11-20)17(21)18(16)22/h8-9,12-13H,2-7,10-11H2,1H3. The lowest BCUT2D eigenvalue weighted by Crippen LogP contribution is -2.01. The summed E-state index contributed by atoms with van der Waals surface area (Å²) < 4.78 is 45.7. The number of unbranched alkanes of at least 4 members (excludes halogenated alkanes) is 5. The molecule has 2 rings (SSSR count). The Balaban J connectivity index is 1.89. The maximum Gasteiger partial charge on any atom is 0.170 e. The maximum atomic E-state index is 14.0. The minimum atomic E-state index is -1.20. The molecule has 3 nitrogen and oxygen atoms in total. The van der Waals surface area contributed by atoms with Crippen molar-refractivity contribution in [3.63, 3.8) is 0 Å². The van der Waals surface area contributed by atoms with Gasteiger partial charge >= 0.3 is 0 Å². The Morgan fingerprint density at radius 3 is 2.28 bits per heavy atom. The number of nitrogens with zero attached hydrogens (tertiary/aromatic N) is 2. The van der Waals surface area contributed by atoms with Crippen LogP contribution in [0.25, 0.3) is 11.4 Å². The van der Waals surface area contributed by atoms with E-state index in [1.807, 2.05) is 0 Å². The van der Waals surface area contributed by atoms with Crippen LogP contribution in [-0.4, -0.2) is 16.6 Å². The van der Waals surface area contributed by atoms with Crippen molar-refractivity contribution in [2.75, 3.05) is 6.61 Å². The SMILES string of the molecule is CCCCCCCCOc1cnc(-c2ccc(CF)c(F)c2F)nc1. The molecule has 0 saturated carbocycles. The Labute approximate surface area is 146 Å². The normalized spacial score (nSPS) is 10.9. The van der Waals surface area contributed by atoms with Gasteiger partial charge in [-0.25, -0.2) is 23.1 Å². The highest BCUT2D eigenvalue weighted by molar-refractivity contribution is 5.56. The maximum absolute atomic E-state index is 14.0. The van der Waals surface area contributed by atoms with E-state index in [4.69, 9.17) is 4.74 Å². The second-order valence-corrected chi connectivity index (χ2v) is 5.89. The average Bonchev–Trinajstić information content (AvgIpc) is 2.64. The van der Waals surface area contributed by atoms with Crippen LogP contribution in [0.2, 0.25) is 0 Å². The molecular weight excluding hydrogens is 329 g/mol. The third-order valence-corrected chi connectivity index (χ3v) is 3.94. The van der Waals surface area contributed by atoms with Crippen molar-refractivity contribution in [2.24, 2.45) is 0 Å².